The molecule has 2 amide bonds. The number of hydrogen-bond acceptors (Lipinski definition) is 4. The summed E-state index contributed by atoms with van der Waals surface area (Å²) in [7, 11) is 1.77. The Bertz CT molecular complexity index is 749. The highest BCUT2D eigenvalue weighted by Crippen LogP contribution is 2.19. The standard InChI is InChI=1S/C18H22N4O3/c1-3-25-18(24)22-11-9-21(10-12-22)17(23)16-13-15(19-20(16)2)14-7-5-4-6-8-14/h4-8,13H,3,9-12H2,1-2H3. The Morgan fingerprint density at radius 3 is 2.36 bits per heavy atom. The molecule has 0 bridgehead atoms. The fraction of sp³-hybridized carbons (Fsp3) is 0.389. The van der Waals surface area contributed by atoms with Crippen LogP contribution in [0.15, 0.2) is 36.4 Å². The molecule has 132 valence electrons. The van der Waals surface area contributed by atoms with Gasteiger partial charge in [0.2, 0.25) is 0 Å². The van der Waals surface area contributed by atoms with Crippen LogP contribution >= 0.6 is 0 Å². The molecule has 1 aliphatic rings. The first kappa shape index (κ1) is 17.0. The van der Waals surface area contributed by atoms with E-state index in [9.17, 15) is 9.59 Å². The van der Waals surface area contributed by atoms with E-state index in [1.807, 2.05) is 36.4 Å². The number of benzene rings is 1. The van der Waals surface area contributed by atoms with E-state index in [-0.39, 0.29) is 12.0 Å². The van der Waals surface area contributed by atoms with Gasteiger partial charge in [0.05, 0.1) is 12.3 Å². The minimum absolute atomic E-state index is 0.0688. The lowest BCUT2D eigenvalue weighted by molar-refractivity contribution is 0.0562. The Labute approximate surface area is 146 Å². The average Bonchev–Trinajstić information content (AvgIpc) is 3.04. The topological polar surface area (TPSA) is 67.7 Å². The first-order valence-corrected chi connectivity index (χ1v) is 8.40. The van der Waals surface area contributed by atoms with Crippen molar-refractivity contribution in [2.24, 2.45) is 7.05 Å². The lowest BCUT2D eigenvalue weighted by Crippen LogP contribution is -2.51. The first-order valence-electron chi connectivity index (χ1n) is 8.40. The molecule has 1 fully saturated rings. The largest absolute Gasteiger partial charge is 0.450 e. The number of carbonyl (C=O) groups is 2. The van der Waals surface area contributed by atoms with Crippen molar-refractivity contribution in [1.29, 1.82) is 0 Å². The van der Waals surface area contributed by atoms with E-state index in [2.05, 4.69) is 5.10 Å². The molecule has 0 aliphatic carbocycles. The molecule has 7 nitrogen and oxygen atoms in total. The first-order chi connectivity index (χ1) is 12.1. The normalized spacial score (nSPS) is 14.5. The highest BCUT2D eigenvalue weighted by molar-refractivity contribution is 5.94. The molecule has 0 unspecified atom stereocenters. The summed E-state index contributed by atoms with van der Waals surface area (Å²) in [5, 5.41) is 4.45. The maximum Gasteiger partial charge on any atom is 0.409 e. The van der Waals surface area contributed by atoms with Crippen LogP contribution in [-0.4, -0.2) is 64.4 Å². The van der Waals surface area contributed by atoms with E-state index in [0.29, 0.717) is 38.5 Å². The Kier molecular flexibility index (Phi) is 5.02. The van der Waals surface area contributed by atoms with Gasteiger partial charge >= 0.3 is 6.09 Å². The van der Waals surface area contributed by atoms with Gasteiger partial charge < -0.3 is 14.5 Å². The van der Waals surface area contributed by atoms with E-state index in [4.69, 9.17) is 4.74 Å². The van der Waals surface area contributed by atoms with Crippen LogP contribution < -0.4 is 0 Å². The van der Waals surface area contributed by atoms with Gasteiger partial charge in [0.15, 0.2) is 0 Å². The van der Waals surface area contributed by atoms with E-state index >= 15 is 0 Å². The highest BCUT2D eigenvalue weighted by Gasteiger charge is 2.27. The summed E-state index contributed by atoms with van der Waals surface area (Å²) in [4.78, 5) is 27.9. The van der Waals surface area contributed by atoms with Gasteiger partial charge in [0.1, 0.15) is 5.69 Å². The molecule has 1 aromatic carbocycles. The van der Waals surface area contributed by atoms with Gasteiger partial charge in [-0.3, -0.25) is 9.48 Å². The average molecular weight is 342 g/mol. The molecule has 0 atom stereocenters. The minimum Gasteiger partial charge on any atom is -0.450 e. The predicted molar refractivity (Wildman–Crippen MR) is 93.1 cm³/mol. The Hall–Kier alpha value is -2.83. The van der Waals surface area contributed by atoms with Gasteiger partial charge in [-0.2, -0.15) is 5.10 Å². The van der Waals surface area contributed by atoms with Gasteiger partial charge in [-0.25, -0.2) is 4.79 Å². The van der Waals surface area contributed by atoms with Gasteiger partial charge in [0.25, 0.3) is 5.91 Å². The SMILES string of the molecule is CCOC(=O)N1CCN(C(=O)c2cc(-c3ccccc3)nn2C)CC1. The van der Waals surface area contributed by atoms with E-state index in [1.165, 1.54) is 0 Å². The van der Waals surface area contributed by atoms with Crippen molar-refractivity contribution in [2.45, 2.75) is 6.92 Å². The molecule has 2 aromatic rings. The van der Waals surface area contributed by atoms with Crippen molar-refractivity contribution in [2.75, 3.05) is 32.8 Å². The molecule has 3 rings (SSSR count). The number of aryl methyl sites for hydroxylation is 1. The Morgan fingerprint density at radius 1 is 1.08 bits per heavy atom. The summed E-state index contributed by atoms with van der Waals surface area (Å²) in [5.74, 6) is -0.0688. The number of amides is 2. The fourth-order valence-electron chi connectivity index (χ4n) is 2.89. The number of piperazine rings is 1. The summed E-state index contributed by atoms with van der Waals surface area (Å²) in [5.41, 5.74) is 2.30. The summed E-state index contributed by atoms with van der Waals surface area (Å²) in [6.07, 6.45) is -0.318. The van der Waals surface area contributed by atoms with Crippen LogP contribution in [0.25, 0.3) is 11.3 Å². The lowest BCUT2D eigenvalue weighted by atomic mass is 10.1. The lowest BCUT2D eigenvalue weighted by Gasteiger charge is -2.33. The van der Waals surface area contributed by atoms with Crippen molar-refractivity contribution in [1.82, 2.24) is 19.6 Å². The van der Waals surface area contributed by atoms with Crippen LogP contribution in [0.2, 0.25) is 0 Å². The van der Waals surface area contributed by atoms with Gasteiger partial charge in [-0.05, 0) is 13.0 Å². The molecule has 0 saturated carbocycles. The van der Waals surface area contributed by atoms with Crippen LogP contribution in [0.3, 0.4) is 0 Å². The second-order valence-corrected chi connectivity index (χ2v) is 5.88. The predicted octanol–water partition coefficient (Wildman–Crippen LogP) is 2.00. The van der Waals surface area contributed by atoms with E-state index in [0.717, 1.165) is 11.3 Å². The maximum absolute atomic E-state index is 12.8. The van der Waals surface area contributed by atoms with Crippen molar-refractivity contribution in [3.05, 3.63) is 42.1 Å². The van der Waals surface area contributed by atoms with Crippen molar-refractivity contribution >= 4 is 12.0 Å². The highest BCUT2D eigenvalue weighted by atomic mass is 16.6. The molecular formula is C18H22N4O3. The summed E-state index contributed by atoms with van der Waals surface area (Å²) < 4.78 is 6.62. The quantitative estimate of drug-likeness (QED) is 0.856. The monoisotopic (exact) mass is 342 g/mol. The van der Waals surface area contributed by atoms with Crippen LogP contribution in [0.1, 0.15) is 17.4 Å². The summed E-state index contributed by atoms with van der Waals surface area (Å²) >= 11 is 0. The van der Waals surface area contributed by atoms with Crippen molar-refractivity contribution < 1.29 is 14.3 Å². The fourth-order valence-corrected chi connectivity index (χ4v) is 2.89. The zero-order valence-corrected chi connectivity index (χ0v) is 14.5. The van der Waals surface area contributed by atoms with Crippen LogP contribution in [0.4, 0.5) is 4.79 Å². The van der Waals surface area contributed by atoms with Crippen LogP contribution in [0.5, 0.6) is 0 Å². The second kappa shape index (κ2) is 7.38. The van der Waals surface area contributed by atoms with Gasteiger partial charge in [-0.15, -0.1) is 0 Å². The number of hydrogen-bond donors (Lipinski definition) is 0. The van der Waals surface area contributed by atoms with Crippen LogP contribution in [0, 0.1) is 0 Å². The van der Waals surface area contributed by atoms with Crippen molar-refractivity contribution in [3.8, 4) is 11.3 Å². The molecule has 0 radical (unpaired) electrons. The zero-order valence-electron chi connectivity index (χ0n) is 14.5. The second-order valence-electron chi connectivity index (χ2n) is 5.88. The van der Waals surface area contributed by atoms with E-state index < -0.39 is 0 Å². The molecule has 1 saturated heterocycles. The Morgan fingerprint density at radius 2 is 1.72 bits per heavy atom. The molecule has 0 spiro atoms. The number of carbonyl (C=O) groups excluding carboxylic acids is 2. The molecule has 2 heterocycles. The van der Waals surface area contributed by atoms with Gasteiger partial charge in [-0.1, -0.05) is 30.3 Å². The summed E-state index contributed by atoms with van der Waals surface area (Å²) in [6.45, 7) is 4.08. The molecular weight excluding hydrogens is 320 g/mol. The number of nitrogens with zero attached hydrogens (tertiary/aromatic N) is 4. The minimum atomic E-state index is -0.318. The van der Waals surface area contributed by atoms with E-state index in [1.54, 1.807) is 28.5 Å². The van der Waals surface area contributed by atoms with Gasteiger partial charge in [0, 0.05) is 38.8 Å². The molecule has 25 heavy (non-hydrogen) atoms. The summed E-state index contributed by atoms with van der Waals surface area (Å²) in [6, 6.07) is 11.6. The number of aromatic nitrogens is 2. The number of ether oxygens (including phenoxy) is 1. The third-order valence-corrected chi connectivity index (χ3v) is 4.26. The third kappa shape index (κ3) is 3.65. The Balaban J connectivity index is 1.68. The number of rotatable bonds is 3. The van der Waals surface area contributed by atoms with Crippen LogP contribution in [-0.2, 0) is 11.8 Å². The van der Waals surface area contributed by atoms with Crippen molar-refractivity contribution in [3.63, 3.8) is 0 Å². The maximum atomic E-state index is 12.8. The molecule has 7 heteroatoms. The molecule has 1 aromatic heterocycles. The molecule has 1 aliphatic heterocycles. The molecule has 0 N–H and O–H groups in total. The zero-order chi connectivity index (χ0) is 17.8. The smallest absolute Gasteiger partial charge is 0.409 e. The third-order valence-electron chi connectivity index (χ3n) is 4.26.